The lowest BCUT2D eigenvalue weighted by Crippen LogP contribution is -2.13. The van der Waals surface area contributed by atoms with E-state index < -0.39 is 17.6 Å². The molecule has 0 aromatic heterocycles. The van der Waals surface area contributed by atoms with Crippen LogP contribution in [0.3, 0.4) is 0 Å². The van der Waals surface area contributed by atoms with Gasteiger partial charge < -0.3 is 19.7 Å². The monoisotopic (exact) mass is 250 g/mol. The zero-order valence-electron chi connectivity index (χ0n) is 9.92. The Hall–Kier alpha value is -2.43. The van der Waals surface area contributed by atoms with Crippen molar-refractivity contribution in [3.05, 3.63) is 54.7 Å². The summed E-state index contributed by atoms with van der Waals surface area (Å²) in [6, 6.07) is 6.16. The quantitative estimate of drug-likeness (QED) is 0.758. The van der Waals surface area contributed by atoms with Crippen LogP contribution in [0, 0.1) is 0 Å². The molecule has 1 unspecified atom stereocenters. The van der Waals surface area contributed by atoms with Gasteiger partial charge in [0.1, 0.15) is 17.4 Å². The van der Waals surface area contributed by atoms with E-state index >= 15 is 0 Å². The van der Waals surface area contributed by atoms with E-state index in [1.165, 1.54) is 19.2 Å². The van der Waals surface area contributed by atoms with Gasteiger partial charge in [-0.25, -0.2) is 0 Å². The van der Waals surface area contributed by atoms with Crippen LogP contribution in [0.2, 0.25) is 0 Å². The summed E-state index contributed by atoms with van der Waals surface area (Å²) in [6.45, 7) is 6.74. The molecule has 0 saturated heterocycles. The van der Waals surface area contributed by atoms with Gasteiger partial charge in [-0.1, -0.05) is 18.7 Å². The number of hydrogen-bond acceptors (Lipinski definition) is 4. The van der Waals surface area contributed by atoms with Crippen LogP contribution in [0.15, 0.2) is 49.1 Å². The summed E-state index contributed by atoms with van der Waals surface area (Å²) in [6.07, 6.45) is 0. The normalized spacial score (nSPS) is 11.4. The number of aliphatic hydroxyl groups excluding tert-OH is 1. The van der Waals surface area contributed by atoms with Crippen LogP contribution in [0.25, 0.3) is 0 Å². The molecule has 1 rings (SSSR count). The van der Waals surface area contributed by atoms with Crippen LogP contribution in [0.4, 0.5) is 0 Å². The van der Waals surface area contributed by atoms with Gasteiger partial charge in [-0.3, -0.25) is 4.79 Å². The largest absolute Gasteiger partial charge is 0.512 e. The molecule has 1 atom stereocenters. The molecule has 0 fully saturated rings. The van der Waals surface area contributed by atoms with Gasteiger partial charge in [0.25, 0.3) is 5.95 Å². The molecular weight excluding hydrogens is 236 g/mol. The number of aliphatic carboxylic acids is 1. The molecule has 5 nitrogen and oxygen atoms in total. The van der Waals surface area contributed by atoms with Crippen LogP contribution < -0.4 is 4.74 Å². The number of carbonyl (C=O) groups is 1. The van der Waals surface area contributed by atoms with E-state index in [4.69, 9.17) is 14.6 Å². The first-order valence-electron chi connectivity index (χ1n) is 5.07. The molecule has 0 spiro atoms. The van der Waals surface area contributed by atoms with Gasteiger partial charge in [-0.15, -0.1) is 0 Å². The van der Waals surface area contributed by atoms with E-state index in [0.717, 1.165) is 0 Å². The predicted octanol–water partition coefficient (Wildman–Crippen LogP) is 2.42. The minimum Gasteiger partial charge on any atom is -0.512 e. The molecule has 2 N–H and O–H groups in total. The Balaban J connectivity index is 2.90. The molecule has 0 saturated carbocycles. The predicted molar refractivity (Wildman–Crippen MR) is 65.4 cm³/mol. The van der Waals surface area contributed by atoms with Gasteiger partial charge in [0.2, 0.25) is 0 Å². The first-order chi connectivity index (χ1) is 8.45. The molecule has 1 aromatic carbocycles. The SMILES string of the molecule is C=C(OC)Oc1ccc(C(C(=C)O)C(=O)O)cc1. The van der Waals surface area contributed by atoms with E-state index in [-0.39, 0.29) is 5.95 Å². The third-order valence-corrected chi connectivity index (χ3v) is 2.25. The standard InChI is InChI=1S/C13H14O5/c1-8(14)12(13(15)16)10-4-6-11(7-5-10)18-9(2)17-3/h4-7,12,14H,1-2H2,3H3,(H,15,16). The summed E-state index contributed by atoms with van der Waals surface area (Å²) < 4.78 is 9.91. The fourth-order valence-electron chi connectivity index (χ4n) is 1.38. The second kappa shape index (κ2) is 5.77. The van der Waals surface area contributed by atoms with Gasteiger partial charge >= 0.3 is 5.97 Å². The number of ether oxygens (including phenoxy) is 2. The summed E-state index contributed by atoms with van der Waals surface area (Å²) in [5, 5.41) is 18.2. The third-order valence-electron chi connectivity index (χ3n) is 2.25. The van der Waals surface area contributed by atoms with Crippen molar-refractivity contribution in [2.45, 2.75) is 5.92 Å². The highest BCUT2D eigenvalue weighted by atomic mass is 16.7. The minimum atomic E-state index is -1.17. The third kappa shape index (κ3) is 3.28. The summed E-state index contributed by atoms with van der Waals surface area (Å²) in [5.41, 5.74) is 0.408. The molecule has 0 heterocycles. The molecule has 1 aromatic rings. The summed E-state index contributed by atoms with van der Waals surface area (Å²) in [4.78, 5) is 11.0. The lowest BCUT2D eigenvalue weighted by atomic mass is 9.98. The Morgan fingerprint density at radius 1 is 1.22 bits per heavy atom. The number of carboxylic acids is 1. The van der Waals surface area contributed by atoms with E-state index in [2.05, 4.69) is 13.2 Å². The summed E-state index contributed by atoms with van der Waals surface area (Å²) >= 11 is 0. The molecule has 0 aliphatic carbocycles. The van der Waals surface area contributed by atoms with Crippen LogP contribution in [0.1, 0.15) is 11.5 Å². The van der Waals surface area contributed by atoms with E-state index in [1.807, 2.05) is 0 Å². The molecule has 96 valence electrons. The van der Waals surface area contributed by atoms with Gasteiger partial charge in [-0.2, -0.15) is 0 Å². The van der Waals surface area contributed by atoms with Crippen molar-refractivity contribution in [1.82, 2.24) is 0 Å². The lowest BCUT2D eigenvalue weighted by molar-refractivity contribution is -0.138. The summed E-state index contributed by atoms with van der Waals surface area (Å²) in [5.74, 6) is -2.15. The topological polar surface area (TPSA) is 76.0 Å². The van der Waals surface area contributed by atoms with Crippen molar-refractivity contribution >= 4 is 5.97 Å². The maximum absolute atomic E-state index is 11.0. The van der Waals surface area contributed by atoms with Gasteiger partial charge in [-0.05, 0) is 24.3 Å². The molecular formula is C13H14O5. The van der Waals surface area contributed by atoms with Crippen molar-refractivity contribution in [3.63, 3.8) is 0 Å². The number of aliphatic hydroxyl groups is 1. The van der Waals surface area contributed by atoms with E-state index in [9.17, 15) is 9.90 Å². The average Bonchev–Trinajstić information content (AvgIpc) is 2.30. The van der Waals surface area contributed by atoms with Crippen LogP contribution in [-0.2, 0) is 9.53 Å². The van der Waals surface area contributed by atoms with Crippen molar-refractivity contribution in [1.29, 1.82) is 0 Å². The molecule has 0 bridgehead atoms. The molecule has 5 heteroatoms. The van der Waals surface area contributed by atoms with Crippen LogP contribution in [0.5, 0.6) is 5.75 Å². The molecule has 0 amide bonds. The Bertz CT molecular complexity index is 447. The van der Waals surface area contributed by atoms with Gasteiger partial charge in [0.15, 0.2) is 0 Å². The van der Waals surface area contributed by atoms with E-state index in [0.29, 0.717) is 11.3 Å². The number of rotatable bonds is 6. The fraction of sp³-hybridized carbons (Fsp3) is 0.154. The summed E-state index contributed by atoms with van der Waals surface area (Å²) in [7, 11) is 1.42. The van der Waals surface area contributed by atoms with Crippen molar-refractivity contribution < 1.29 is 24.5 Å². The van der Waals surface area contributed by atoms with Gasteiger partial charge in [0, 0.05) is 0 Å². The fourth-order valence-corrected chi connectivity index (χ4v) is 1.38. The van der Waals surface area contributed by atoms with Crippen molar-refractivity contribution in [2.24, 2.45) is 0 Å². The molecule has 0 aliphatic heterocycles. The molecule has 0 radical (unpaired) electrons. The Labute approximate surface area is 105 Å². The molecule has 0 aliphatic rings. The van der Waals surface area contributed by atoms with Crippen molar-refractivity contribution in [3.8, 4) is 5.75 Å². The number of benzene rings is 1. The zero-order chi connectivity index (χ0) is 13.7. The Kier molecular flexibility index (Phi) is 4.37. The highest BCUT2D eigenvalue weighted by Gasteiger charge is 2.22. The Morgan fingerprint density at radius 3 is 2.17 bits per heavy atom. The van der Waals surface area contributed by atoms with Crippen LogP contribution >= 0.6 is 0 Å². The highest BCUT2D eigenvalue weighted by molar-refractivity contribution is 5.79. The first-order valence-corrected chi connectivity index (χ1v) is 5.07. The first kappa shape index (κ1) is 13.6. The highest BCUT2D eigenvalue weighted by Crippen LogP contribution is 2.24. The van der Waals surface area contributed by atoms with Crippen molar-refractivity contribution in [2.75, 3.05) is 7.11 Å². The molecule has 18 heavy (non-hydrogen) atoms. The minimum absolute atomic E-state index is 0.129. The lowest BCUT2D eigenvalue weighted by Gasteiger charge is -2.12. The number of hydrogen-bond donors (Lipinski definition) is 2. The second-order valence-corrected chi connectivity index (χ2v) is 3.51. The second-order valence-electron chi connectivity index (χ2n) is 3.51. The number of carboxylic acid groups (broad SMARTS) is 1. The smallest absolute Gasteiger partial charge is 0.318 e. The van der Waals surface area contributed by atoms with E-state index in [1.54, 1.807) is 12.1 Å². The number of methoxy groups -OCH3 is 1. The maximum Gasteiger partial charge on any atom is 0.318 e. The van der Waals surface area contributed by atoms with Gasteiger partial charge in [0.05, 0.1) is 7.11 Å². The Morgan fingerprint density at radius 2 is 1.78 bits per heavy atom. The zero-order valence-corrected chi connectivity index (χ0v) is 9.92. The average molecular weight is 250 g/mol. The van der Waals surface area contributed by atoms with Crippen LogP contribution in [-0.4, -0.2) is 23.3 Å². The maximum atomic E-state index is 11.0.